The van der Waals surface area contributed by atoms with E-state index in [1.54, 1.807) is 13.2 Å². The van der Waals surface area contributed by atoms with E-state index in [4.69, 9.17) is 0 Å². The number of carbonyl (C=O) groups excluding carboxylic acids is 1. The van der Waals surface area contributed by atoms with Crippen LogP contribution in [-0.2, 0) is 0 Å². The first-order valence-corrected chi connectivity index (χ1v) is 5.57. The van der Waals surface area contributed by atoms with Crippen LogP contribution in [0.25, 0.3) is 0 Å². The van der Waals surface area contributed by atoms with Gasteiger partial charge in [0.15, 0.2) is 0 Å². The molecule has 0 bridgehead atoms. The summed E-state index contributed by atoms with van der Waals surface area (Å²) in [6.07, 6.45) is 6.76. The number of carbonyl (C=O) groups is 1. The Morgan fingerprint density at radius 2 is 2.31 bits per heavy atom. The van der Waals surface area contributed by atoms with Crippen molar-refractivity contribution in [2.24, 2.45) is 5.92 Å². The average molecular weight is 220 g/mol. The molecule has 0 radical (unpaired) electrons. The van der Waals surface area contributed by atoms with Crippen molar-refractivity contribution in [3.63, 3.8) is 0 Å². The van der Waals surface area contributed by atoms with Crippen LogP contribution >= 0.6 is 0 Å². The number of anilines is 1. The monoisotopic (exact) mass is 220 g/mol. The Labute approximate surface area is 94.7 Å². The van der Waals surface area contributed by atoms with Gasteiger partial charge in [0, 0.05) is 13.6 Å². The zero-order valence-corrected chi connectivity index (χ0v) is 9.36. The minimum Gasteiger partial charge on any atom is -0.372 e. The van der Waals surface area contributed by atoms with E-state index in [0.29, 0.717) is 11.5 Å². The lowest BCUT2D eigenvalue weighted by molar-refractivity contribution is 0.0947. The maximum Gasteiger partial charge on any atom is 0.271 e. The van der Waals surface area contributed by atoms with Crippen molar-refractivity contribution >= 4 is 11.7 Å². The quantitative estimate of drug-likeness (QED) is 0.778. The summed E-state index contributed by atoms with van der Waals surface area (Å²) in [5.41, 5.74) is 0.364. The Hall–Kier alpha value is -1.65. The van der Waals surface area contributed by atoms with E-state index < -0.39 is 0 Å². The fourth-order valence-corrected chi connectivity index (χ4v) is 1.48. The highest BCUT2D eigenvalue weighted by Crippen LogP contribution is 2.31. The predicted molar refractivity (Wildman–Crippen MR) is 61.3 cm³/mol. The van der Waals surface area contributed by atoms with Crippen molar-refractivity contribution in [3.05, 3.63) is 18.1 Å². The van der Waals surface area contributed by atoms with Gasteiger partial charge in [-0.3, -0.25) is 9.78 Å². The highest BCUT2D eigenvalue weighted by atomic mass is 16.1. The number of aromatic nitrogens is 2. The third-order valence-corrected chi connectivity index (χ3v) is 2.66. The third kappa shape index (κ3) is 2.92. The molecule has 1 saturated carbocycles. The van der Waals surface area contributed by atoms with Gasteiger partial charge in [-0.15, -0.1) is 0 Å². The topological polar surface area (TPSA) is 66.9 Å². The zero-order chi connectivity index (χ0) is 11.4. The van der Waals surface area contributed by atoms with E-state index in [2.05, 4.69) is 20.6 Å². The summed E-state index contributed by atoms with van der Waals surface area (Å²) in [4.78, 5) is 19.7. The van der Waals surface area contributed by atoms with E-state index in [-0.39, 0.29) is 5.91 Å². The molecule has 0 atom stereocenters. The van der Waals surface area contributed by atoms with Crippen molar-refractivity contribution in [3.8, 4) is 0 Å². The van der Waals surface area contributed by atoms with Crippen LogP contribution in [0.1, 0.15) is 29.8 Å². The summed E-state index contributed by atoms with van der Waals surface area (Å²) in [5.74, 6) is 1.29. The van der Waals surface area contributed by atoms with Gasteiger partial charge in [-0.25, -0.2) is 4.98 Å². The van der Waals surface area contributed by atoms with Gasteiger partial charge in [-0.05, 0) is 12.3 Å². The van der Waals surface area contributed by atoms with Gasteiger partial charge in [0.25, 0.3) is 5.91 Å². The van der Waals surface area contributed by atoms with Crippen LogP contribution in [-0.4, -0.2) is 29.5 Å². The standard InChI is InChI=1S/C11H16N4O/c1-12-10-7-13-6-9(15-10)11(16)14-5-4-8-2-3-8/h6-8H,2-5H2,1H3,(H,12,15)(H,14,16). The van der Waals surface area contributed by atoms with Crippen LogP contribution in [0.3, 0.4) is 0 Å². The average Bonchev–Trinajstić information content (AvgIpc) is 3.13. The maximum atomic E-state index is 11.7. The zero-order valence-electron chi connectivity index (χ0n) is 9.36. The van der Waals surface area contributed by atoms with Crippen molar-refractivity contribution in [1.82, 2.24) is 15.3 Å². The van der Waals surface area contributed by atoms with Gasteiger partial charge in [0.2, 0.25) is 0 Å². The van der Waals surface area contributed by atoms with E-state index in [0.717, 1.165) is 18.9 Å². The van der Waals surface area contributed by atoms with Crippen LogP contribution in [0, 0.1) is 5.92 Å². The molecule has 2 N–H and O–H groups in total. The van der Waals surface area contributed by atoms with E-state index in [1.807, 2.05) is 0 Å². The molecule has 0 spiro atoms. The molecular formula is C11H16N4O. The highest BCUT2D eigenvalue weighted by molar-refractivity contribution is 5.92. The molecule has 1 aliphatic carbocycles. The second kappa shape index (κ2) is 4.92. The Bertz CT molecular complexity index is 376. The van der Waals surface area contributed by atoms with Gasteiger partial charge < -0.3 is 10.6 Å². The second-order valence-corrected chi connectivity index (χ2v) is 4.03. The molecule has 5 heteroatoms. The summed E-state index contributed by atoms with van der Waals surface area (Å²) in [5, 5.41) is 5.71. The summed E-state index contributed by atoms with van der Waals surface area (Å²) < 4.78 is 0. The fourth-order valence-electron chi connectivity index (χ4n) is 1.48. The van der Waals surface area contributed by atoms with Crippen molar-refractivity contribution in [1.29, 1.82) is 0 Å². The molecule has 16 heavy (non-hydrogen) atoms. The van der Waals surface area contributed by atoms with Gasteiger partial charge in [-0.1, -0.05) is 12.8 Å². The summed E-state index contributed by atoms with van der Waals surface area (Å²) in [6, 6.07) is 0. The third-order valence-electron chi connectivity index (χ3n) is 2.66. The van der Waals surface area contributed by atoms with Crippen LogP contribution in [0.2, 0.25) is 0 Å². The van der Waals surface area contributed by atoms with Crippen molar-refractivity contribution in [2.45, 2.75) is 19.3 Å². The van der Waals surface area contributed by atoms with Crippen LogP contribution in [0.5, 0.6) is 0 Å². The van der Waals surface area contributed by atoms with Crippen molar-refractivity contribution in [2.75, 3.05) is 18.9 Å². The molecule has 1 aromatic heterocycles. The molecule has 1 aliphatic rings. The SMILES string of the molecule is CNc1cncc(C(=O)NCCC2CC2)n1. The van der Waals surface area contributed by atoms with E-state index in [1.165, 1.54) is 19.0 Å². The van der Waals surface area contributed by atoms with Gasteiger partial charge in [0.05, 0.1) is 12.4 Å². The molecule has 1 amide bonds. The minimum absolute atomic E-state index is 0.148. The highest BCUT2D eigenvalue weighted by Gasteiger charge is 2.20. The molecule has 86 valence electrons. The molecule has 0 unspecified atom stereocenters. The van der Waals surface area contributed by atoms with Crippen LogP contribution in [0.4, 0.5) is 5.82 Å². The van der Waals surface area contributed by atoms with E-state index >= 15 is 0 Å². The predicted octanol–water partition coefficient (Wildman–Crippen LogP) is 1.05. The smallest absolute Gasteiger partial charge is 0.271 e. The molecule has 0 aromatic carbocycles. The Morgan fingerprint density at radius 3 is 3.00 bits per heavy atom. The maximum absolute atomic E-state index is 11.7. The molecule has 0 saturated heterocycles. The summed E-state index contributed by atoms with van der Waals surface area (Å²) in [7, 11) is 1.75. The largest absolute Gasteiger partial charge is 0.372 e. The number of amides is 1. The Morgan fingerprint density at radius 1 is 1.50 bits per heavy atom. The molecule has 1 fully saturated rings. The first kappa shape index (κ1) is 10.9. The fraction of sp³-hybridized carbons (Fsp3) is 0.545. The van der Waals surface area contributed by atoms with Gasteiger partial charge in [0.1, 0.15) is 11.5 Å². The molecule has 1 aromatic rings. The number of hydrogen-bond acceptors (Lipinski definition) is 4. The number of rotatable bonds is 5. The molecule has 0 aliphatic heterocycles. The van der Waals surface area contributed by atoms with Crippen molar-refractivity contribution < 1.29 is 4.79 Å². The molecular weight excluding hydrogens is 204 g/mol. The second-order valence-electron chi connectivity index (χ2n) is 4.03. The van der Waals surface area contributed by atoms with E-state index in [9.17, 15) is 4.79 Å². The number of nitrogens with zero attached hydrogens (tertiary/aromatic N) is 2. The lowest BCUT2D eigenvalue weighted by Gasteiger charge is -2.04. The molecule has 1 heterocycles. The lowest BCUT2D eigenvalue weighted by atomic mass is 10.3. The molecule has 5 nitrogen and oxygen atoms in total. The lowest BCUT2D eigenvalue weighted by Crippen LogP contribution is -2.26. The van der Waals surface area contributed by atoms with Gasteiger partial charge in [-0.2, -0.15) is 0 Å². The normalized spacial score (nSPS) is 14.6. The number of hydrogen-bond donors (Lipinski definition) is 2. The number of nitrogens with one attached hydrogen (secondary N) is 2. The Kier molecular flexibility index (Phi) is 3.34. The first-order valence-electron chi connectivity index (χ1n) is 5.57. The van der Waals surface area contributed by atoms with Gasteiger partial charge >= 0.3 is 0 Å². The Balaban J connectivity index is 1.86. The molecule has 2 rings (SSSR count). The summed E-state index contributed by atoms with van der Waals surface area (Å²) >= 11 is 0. The minimum atomic E-state index is -0.148. The summed E-state index contributed by atoms with van der Waals surface area (Å²) in [6.45, 7) is 0.731. The van der Waals surface area contributed by atoms with Crippen LogP contribution < -0.4 is 10.6 Å². The van der Waals surface area contributed by atoms with Crippen LogP contribution in [0.15, 0.2) is 12.4 Å². The first-order chi connectivity index (χ1) is 7.79.